The van der Waals surface area contributed by atoms with Crippen LogP contribution in [-0.4, -0.2) is 12.2 Å². The van der Waals surface area contributed by atoms with Gasteiger partial charge in [-0.15, -0.1) is 0 Å². The summed E-state index contributed by atoms with van der Waals surface area (Å²) in [5.41, 5.74) is 0.130. The number of aryl methyl sites for hydroxylation is 1. The van der Waals surface area contributed by atoms with Crippen LogP contribution in [0.2, 0.25) is 0 Å². The van der Waals surface area contributed by atoms with E-state index in [4.69, 9.17) is 0 Å². The predicted molar refractivity (Wildman–Crippen MR) is 46.1 cm³/mol. The van der Waals surface area contributed by atoms with Crippen molar-refractivity contribution in [2.45, 2.75) is 19.8 Å². The lowest BCUT2D eigenvalue weighted by molar-refractivity contribution is 0.0678. The zero-order valence-corrected chi connectivity index (χ0v) is 7.56. The quantitative estimate of drug-likeness (QED) is 0.689. The lowest BCUT2D eigenvalue weighted by Gasteiger charge is -2.02. The third kappa shape index (κ3) is 2.13. The van der Waals surface area contributed by atoms with E-state index < -0.39 is 18.0 Å². The zero-order valence-electron chi connectivity index (χ0n) is 7.56. The Kier molecular flexibility index (Phi) is 3.28. The second-order valence-corrected chi connectivity index (χ2v) is 2.82. The Balaban J connectivity index is 3.03. The van der Waals surface area contributed by atoms with Crippen LogP contribution < -0.4 is 0 Å². The van der Waals surface area contributed by atoms with E-state index in [1.165, 1.54) is 12.1 Å². The molecule has 4 heteroatoms. The normalized spacial score (nSPS) is 10.6. The highest BCUT2D eigenvalue weighted by Gasteiger charge is 2.18. The Hall–Kier alpha value is -1.32. The number of benzene rings is 1. The minimum atomic E-state index is -3.08. The van der Waals surface area contributed by atoms with Crippen molar-refractivity contribution in [3.63, 3.8) is 0 Å². The molecule has 0 aromatic heterocycles. The maximum absolute atomic E-state index is 13.1. The fourth-order valence-electron chi connectivity index (χ4n) is 1.11. The monoisotopic (exact) mass is 202 g/mol. The van der Waals surface area contributed by atoms with Crippen LogP contribution in [0.5, 0.6) is 0 Å². The maximum atomic E-state index is 13.1. The Morgan fingerprint density at radius 2 is 2.07 bits per heavy atom. The van der Waals surface area contributed by atoms with E-state index in [9.17, 15) is 18.0 Å². The fourth-order valence-corrected chi connectivity index (χ4v) is 1.11. The summed E-state index contributed by atoms with van der Waals surface area (Å²) in [4.78, 5) is 10.8. The van der Waals surface area contributed by atoms with E-state index in [1.807, 2.05) is 0 Å². The number of halogens is 3. The van der Waals surface area contributed by atoms with Crippen LogP contribution in [0.15, 0.2) is 18.2 Å². The van der Waals surface area contributed by atoms with Crippen LogP contribution in [0.3, 0.4) is 0 Å². The predicted octanol–water partition coefficient (Wildman–Crippen LogP) is 2.84. The van der Waals surface area contributed by atoms with E-state index in [0.29, 0.717) is 12.0 Å². The molecule has 0 saturated carbocycles. The first-order chi connectivity index (χ1) is 6.56. The Morgan fingerprint density at radius 3 is 2.50 bits per heavy atom. The van der Waals surface area contributed by atoms with Crippen molar-refractivity contribution in [3.8, 4) is 0 Å². The Bertz CT molecular complexity index is 347. The van der Waals surface area contributed by atoms with Crippen LogP contribution in [-0.2, 0) is 6.42 Å². The third-order valence-corrected chi connectivity index (χ3v) is 1.92. The summed E-state index contributed by atoms with van der Waals surface area (Å²) >= 11 is 0. The summed E-state index contributed by atoms with van der Waals surface area (Å²) in [6.07, 6.45) is -2.61. The third-order valence-electron chi connectivity index (χ3n) is 1.92. The van der Waals surface area contributed by atoms with Crippen LogP contribution in [0.4, 0.5) is 13.2 Å². The first-order valence-corrected chi connectivity index (χ1v) is 4.17. The molecule has 1 aromatic rings. The summed E-state index contributed by atoms with van der Waals surface area (Å²) in [7, 11) is 0. The highest BCUT2D eigenvalue weighted by Crippen LogP contribution is 2.14. The number of carbonyl (C=O) groups is 1. The summed E-state index contributed by atoms with van der Waals surface area (Å²) < 4.78 is 37.0. The van der Waals surface area contributed by atoms with E-state index in [0.717, 1.165) is 6.07 Å². The second kappa shape index (κ2) is 4.26. The summed E-state index contributed by atoms with van der Waals surface area (Å²) in [6.45, 7) is 1.74. The topological polar surface area (TPSA) is 17.1 Å². The van der Waals surface area contributed by atoms with Crippen molar-refractivity contribution in [2.24, 2.45) is 0 Å². The molecule has 0 aliphatic heterocycles. The number of ketones is 1. The molecule has 0 amide bonds. The van der Waals surface area contributed by atoms with Gasteiger partial charge >= 0.3 is 6.43 Å². The number of hydrogen-bond acceptors (Lipinski definition) is 1. The van der Waals surface area contributed by atoms with Crippen LogP contribution in [0.25, 0.3) is 0 Å². The van der Waals surface area contributed by atoms with Gasteiger partial charge in [0.2, 0.25) is 5.78 Å². The molecule has 1 nitrogen and oxygen atoms in total. The molecule has 0 atom stereocenters. The minimum Gasteiger partial charge on any atom is -0.288 e. The van der Waals surface area contributed by atoms with Crippen LogP contribution >= 0.6 is 0 Å². The molecular formula is C10H9F3O. The first kappa shape index (κ1) is 10.8. The van der Waals surface area contributed by atoms with Gasteiger partial charge in [0.25, 0.3) is 0 Å². The molecule has 0 aliphatic rings. The van der Waals surface area contributed by atoms with Gasteiger partial charge in [-0.2, -0.15) is 0 Å². The molecule has 0 N–H and O–H groups in total. The molecule has 0 fully saturated rings. The smallest absolute Gasteiger partial charge is 0.288 e. The molecule has 0 aliphatic carbocycles. The van der Waals surface area contributed by atoms with Gasteiger partial charge in [0, 0.05) is 5.56 Å². The van der Waals surface area contributed by atoms with Gasteiger partial charge in [0.1, 0.15) is 5.82 Å². The van der Waals surface area contributed by atoms with Gasteiger partial charge in [-0.3, -0.25) is 4.79 Å². The maximum Gasteiger partial charge on any atom is 0.300 e. The molecule has 0 spiro atoms. The van der Waals surface area contributed by atoms with E-state index in [-0.39, 0.29) is 5.56 Å². The fraction of sp³-hybridized carbons (Fsp3) is 0.300. The zero-order chi connectivity index (χ0) is 10.7. The average Bonchev–Trinajstić information content (AvgIpc) is 2.16. The SMILES string of the molecule is CCc1ccc(C(=O)C(F)F)cc1F. The first-order valence-electron chi connectivity index (χ1n) is 4.17. The van der Waals surface area contributed by atoms with E-state index in [1.54, 1.807) is 6.92 Å². The van der Waals surface area contributed by atoms with E-state index in [2.05, 4.69) is 0 Å². The van der Waals surface area contributed by atoms with Crippen LogP contribution in [0.1, 0.15) is 22.8 Å². The van der Waals surface area contributed by atoms with Gasteiger partial charge in [-0.05, 0) is 18.1 Å². The van der Waals surface area contributed by atoms with Crippen LogP contribution in [0, 0.1) is 5.82 Å². The van der Waals surface area contributed by atoms with Crippen molar-refractivity contribution in [2.75, 3.05) is 0 Å². The molecular weight excluding hydrogens is 193 g/mol. The molecule has 0 saturated heterocycles. The van der Waals surface area contributed by atoms with Gasteiger partial charge in [0.05, 0.1) is 0 Å². The van der Waals surface area contributed by atoms with Gasteiger partial charge in [-0.1, -0.05) is 19.1 Å². The highest BCUT2D eigenvalue weighted by atomic mass is 19.3. The molecule has 76 valence electrons. The summed E-state index contributed by atoms with van der Waals surface area (Å²) in [6, 6.07) is 3.43. The minimum absolute atomic E-state index is 0.283. The molecule has 0 radical (unpaired) electrons. The van der Waals surface area contributed by atoms with Crippen molar-refractivity contribution < 1.29 is 18.0 Å². The molecule has 1 aromatic carbocycles. The highest BCUT2D eigenvalue weighted by molar-refractivity contribution is 5.98. The molecule has 1 rings (SSSR count). The van der Waals surface area contributed by atoms with Gasteiger partial charge < -0.3 is 0 Å². The van der Waals surface area contributed by atoms with Gasteiger partial charge in [-0.25, -0.2) is 13.2 Å². The van der Waals surface area contributed by atoms with Crippen molar-refractivity contribution in [3.05, 3.63) is 35.1 Å². The van der Waals surface area contributed by atoms with Crippen molar-refractivity contribution in [1.82, 2.24) is 0 Å². The van der Waals surface area contributed by atoms with E-state index >= 15 is 0 Å². The molecule has 0 unspecified atom stereocenters. The average molecular weight is 202 g/mol. The largest absolute Gasteiger partial charge is 0.300 e. The molecule has 0 heterocycles. The molecule has 0 bridgehead atoms. The number of hydrogen-bond donors (Lipinski definition) is 0. The Labute approximate surface area is 79.5 Å². The van der Waals surface area contributed by atoms with Crippen molar-refractivity contribution >= 4 is 5.78 Å². The van der Waals surface area contributed by atoms with Crippen molar-refractivity contribution in [1.29, 1.82) is 0 Å². The lowest BCUT2D eigenvalue weighted by atomic mass is 10.1. The van der Waals surface area contributed by atoms with Gasteiger partial charge in [0.15, 0.2) is 0 Å². The molecule has 14 heavy (non-hydrogen) atoms. The number of carbonyl (C=O) groups excluding carboxylic acids is 1. The second-order valence-electron chi connectivity index (χ2n) is 2.82. The standard InChI is InChI=1S/C10H9F3O/c1-2-6-3-4-7(5-8(6)11)9(14)10(12)13/h3-5,10H,2H2,1H3. The number of rotatable bonds is 3. The summed E-state index contributed by atoms with van der Waals surface area (Å²) in [5, 5.41) is 0. The number of Topliss-reactive ketones (excluding diaryl/α,β-unsaturated/α-hetero) is 1. The number of alkyl halides is 2. The summed E-state index contributed by atoms with van der Waals surface area (Å²) in [5.74, 6) is -1.95. The lowest BCUT2D eigenvalue weighted by Crippen LogP contribution is -2.10. The Morgan fingerprint density at radius 1 is 1.43 bits per heavy atom.